The summed E-state index contributed by atoms with van der Waals surface area (Å²) in [6.45, 7) is 0. The summed E-state index contributed by atoms with van der Waals surface area (Å²) < 4.78 is 32.7. The van der Waals surface area contributed by atoms with Crippen molar-refractivity contribution in [1.29, 1.82) is 0 Å². The first-order valence-electron chi connectivity index (χ1n) is 17.1. The van der Waals surface area contributed by atoms with Gasteiger partial charge in [-0.15, -0.1) is 0 Å². The topological polar surface area (TPSA) is 57.4 Å². The standard InChI is InChI=1S/C46H28F2N4/c47-44-31-19-11-10-18-30(31)43-38-25-24-36(51-38)41(28-14-6-2-7-15-28)34-21-20-33(49-34)40(27-12-4-1-5-13-27)35-22-23-37(50-35)42(29-16-8-3-9-17-29)39-26-32(45(44)48)46(43)52-39/h1-26,51-52H. The zero-order valence-electron chi connectivity index (χ0n) is 27.7. The summed E-state index contributed by atoms with van der Waals surface area (Å²) in [5, 5.41) is 0. The Morgan fingerprint density at radius 1 is 0.365 bits per heavy atom. The lowest BCUT2D eigenvalue weighted by molar-refractivity contribution is 0.702. The Labute approximate surface area is 297 Å². The van der Waals surface area contributed by atoms with Crippen molar-refractivity contribution in [2.45, 2.75) is 0 Å². The highest BCUT2D eigenvalue weighted by Crippen LogP contribution is 2.46. The van der Waals surface area contributed by atoms with Gasteiger partial charge in [-0.05, 0) is 64.8 Å². The van der Waals surface area contributed by atoms with Crippen molar-refractivity contribution < 1.29 is 8.78 Å². The van der Waals surface area contributed by atoms with E-state index >= 15 is 8.78 Å². The van der Waals surface area contributed by atoms with Crippen molar-refractivity contribution >= 4 is 58.0 Å². The Hall–Kier alpha value is -6.92. The molecule has 2 N–H and O–H groups in total. The highest BCUT2D eigenvalue weighted by Gasteiger charge is 2.27. The number of hydrogen-bond acceptors (Lipinski definition) is 2. The molecule has 3 aliphatic rings. The molecule has 0 atom stereocenters. The van der Waals surface area contributed by atoms with Crippen LogP contribution in [0.25, 0.3) is 103 Å². The van der Waals surface area contributed by atoms with E-state index in [1.165, 1.54) is 0 Å². The minimum Gasteiger partial charge on any atom is -0.354 e. The van der Waals surface area contributed by atoms with Gasteiger partial charge in [-0.2, -0.15) is 0 Å². The van der Waals surface area contributed by atoms with Gasteiger partial charge in [0.1, 0.15) is 0 Å². The molecule has 0 radical (unpaired) electrons. The minimum absolute atomic E-state index is 0.144. The van der Waals surface area contributed by atoms with Crippen LogP contribution in [0.2, 0.25) is 0 Å². The van der Waals surface area contributed by atoms with Gasteiger partial charge in [0.15, 0.2) is 11.7 Å². The molecule has 0 spiro atoms. The Morgan fingerprint density at radius 2 is 0.788 bits per heavy atom. The molecule has 246 valence electrons. The molecule has 7 aromatic rings. The van der Waals surface area contributed by atoms with Crippen molar-refractivity contribution in [2.75, 3.05) is 0 Å². The zero-order valence-corrected chi connectivity index (χ0v) is 27.7. The SMILES string of the molecule is FC1=C(F)c2cc3[nH]c2c(c2ccc([nH]2)c(-c2ccccc2)c2nc(c(-c4ccccc4)c4nc(c3-c3ccccc3)C=C4)C=C2)-c2ccccc21. The van der Waals surface area contributed by atoms with E-state index in [0.717, 1.165) is 56.0 Å². The Balaban J connectivity index is 1.45. The molecule has 0 amide bonds. The molecule has 1 aliphatic carbocycles. The first-order valence-corrected chi connectivity index (χ1v) is 17.1. The fourth-order valence-corrected chi connectivity index (χ4v) is 7.60. The molecule has 4 aromatic carbocycles. The second-order valence-corrected chi connectivity index (χ2v) is 13.0. The number of aromatic amines is 2. The molecule has 3 aromatic heterocycles. The molecule has 52 heavy (non-hydrogen) atoms. The minimum atomic E-state index is -0.919. The summed E-state index contributed by atoms with van der Waals surface area (Å²) in [4.78, 5) is 17.8. The van der Waals surface area contributed by atoms with Crippen LogP contribution in [0, 0.1) is 0 Å². The second kappa shape index (κ2) is 11.9. The van der Waals surface area contributed by atoms with E-state index in [1.54, 1.807) is 18.2 Å². The van der Waals surface area contributed by atoms with Crippen LogP contribution in [0.3, 0.4) is 0 Å². The van der Waals surface area contributed by atoms with Crippen LogP contribution in [0.1, 0.15) is 33.9 Å². The number of nitrogens with zero attached hydrogens (tertiary/aromatic N) is 2. The zero-order chi connectivity index (χ0) is 34.8. The quantitative estimate of drug-likeness (QED) is 0.196. The smallest absolute Gasteiger partial charge is 0.168 e. The number of rotatable bonds is 3. The highest BCUT2D eigenvalue weighted by atomic mass is 19.2. The van der Waals surface area contributed by atoms with Crippen LogP contribution in [0.4, 0.5) is 8.78 Å². The van der Waals surface area contributed by atoms with E-state index in [0.29, 0.717) is 33.4 Å². The summed E-state index contributed by atoms with van der Waals surface area (Å²) in [6.07, 6.45) is 8.09. The van der Waals surface area contributed by atoms with Gasteiger partial charge in [0.25, 0.3) is 0 Å². The molecule has 6 heteroatoms. The fraction of sp³-hybridized carbons (Fsp3) is 0. The van der Waals surface area contributed by atoms with Crippen molar-refractivity contribution in [1.82, 2.24) is 19.9 Å². The second-order valence-electron chi connectivity index (χ2n) is 13.0. The molecule has 0 saturated heterocycles. The Morgan fingerprint density at radius 3 is 1.35 bits per heavy atom. The van der Waals surface area contributed by atoms with Crippen molar-refractivity contribution in [2.24, 2.45) is 0 Å². The first kappa shape index (κ1) is 29.9. The molecule has 8 bridgehead atoms. The van der Waals surface area contributed by atoms with E-state index < -0.39 is 11.7 Å². The number of fused-ring (bicyclic) bond motifs is 10. The van der Waals surface area contributed by atoms with E-state index in [-0.39, 0.29) is 11.1 Å². The van der Waals surface area contributed by atoms with Crippen molar-refractivity contribution in [3.8, 4) is 44.5 Å². The normalized spacial score (nSPS) is 13.0. The summed E-state index contributed by atoms with van der Waals surface area (Å²) in [5.74, 6) is -1.82. The number of aromatic nitrogens is 4. The van der Waals surface area contributed by atoms with Crippen LogP contribution in [-0.2, 0) is 0 Å². The van der Waals surface area contributed by atoms with E-state index in [1.807, 2.05) is 109 Å². The maximum absolute atomic E-state index is 16.5. The lowest BCUT2D eigenvalue weighted by atomic mass is 10.00. The molecule has 10 rings (SSSR count). The third-order valence-electron chi connectivity index (χ3n) is 9.92. The third kappa shape index (κ3) is 4.72. The van der Waals surface area contributed by atoms with Gasteiger partial charge in [0.2, 0.25) is 0 Å². The largest absolute Gasteiger partial charge is 0.354 e. The van der Waals surface area contributed by atoms with Crippen LogP contribution < -0.4 is 0 Å². The van der Waals surface area contributed by atoms with E-state index in [9.17, 15) is 0 Å². The van der Waals surface area contributed by atoms with Crippen LogP contribution in [0.15, 0.2) is 133 Å². The number of hydrogen-bond donors (Lipinski definition) is 2. The molecule has 0 saturated carbocycles. The maximum Gasteiger partial charge on any atom is 0.168 e. The van der Waals surface area contributed by atoms with Crippen LogP contribution in [0.5, 0.6) is 0 Å². The lowest BCUT2D eigenvalue weighted by Gasteiger charge is -2.08. The van der Waals surface area contributed by atoms with Crippen molar-refractivity contribution in [3.63, 3.8) is 0 Å². The average Bonchev–Trinajstić information content (AvgIpc) is 4.02. The molecule has 0 unspecified atom stereocenters. The summed E-state index contributed by atoms with van der Waals surface area (Å²) in [6, 6.07) is 42.9. The molecular formula is C46H28F2N4. The molecular weight excluding hydrogens is 647 g/mol. The average molecular weight is 675 g/mol. The summed E-state index contributed by atoms with van der Waals surface area (Å²) >= 11 is 0. The first-order chi connectivity index (χ1) is 25.6. The maximum atomic E-state index is 16.5. The van der Waals surface area contributed by atoms with E-state index in [2.05, 4.69) is 40.3 Å². The Kier molecular flexibility index (Phi) is 6.83. The Bertz CT molecular complexity index is 2840. The van der Waals surface area contributed by atoms with Crippen LogP contribution in [-0.4, -0.2) is 19.9 Å². The number of H-pyrrole nitrogens is 2. The van der Waals surface area contributed by atoms with Crippen LogP contribution >= 0.6 is 0 Å². The third-order valence-corrected chi connectivity index (χ3v) is 9.92. The molecule has 5 heterocycles. The van der Waals surface area contributed by atoms with Gasteiger partial charge in [0, 0.05) is 49.9 Å². The van der Waals surface area contributed by atoms with Gasteiger partial charge in [-0.1, -0.05) is 115 Å². The highest BCUT2D eigenvalue weighted by molar-refractivity contribution is 6.09. The van der Waals surface area contributed by atoms with Gasteiger partial charge in [0.05, 0.1) is 28.3 Å². The number of nitrogens with one attached hydrogen (secondary N) is 2. The summed E-state index contributed by atoms with van der Waals surface area (Å²) in [7, 11) is 0. The van der Waals surface area contributed by atoms with Gasteiger partial charge in [-0.25, -0.2) is 18.7 Å². The number of halogens is 2. The predicted molar refractivity (Wildman–Crippen MR) is 210 cm³/mol. The van der Waals surface area contributed by atoms with Gasteiger partial charge in [-0.3, -0.25) is 0 Å². The molecule has 0 fully saturated rings. The summed E-state index contributed by atoms with van der Waals surface area (Å²) in [5.41, 5.74) is 12.6. The predicted octanol–water partition coefficient (Wildman–Crippen LogP) is 12.4. The monoisotopic (exact) mass is 674 g/mol. The fourth-order valence-electron chi connectivity index (χ4n) is 7.60. The van der Waals surface area contributed by atoms with Gasteiger partial charge >= 0.3 is 0 Å². The molecule has 2 aliphatic heterocycles. The lowest BCUT2D eigenvalue weighted by Crippen LogP contribution is -1.91. The van der Waals surface area contributed by atoms with E-state index in [4.69, 9.17) is 9.97 Å². The van der Waals surface area contributed by atoms with Crippen molar-refractivity contribution in [3.05, 3.63) is 167 Å². The number of benzene rings is 4. The van der Waals surface area contributed by atoms with Gasteiger partial charge < -0.3 is 9.97 Å². The molecule has 4 nitrogen and oxygen atoms in total.